The first kappa shape index (κ1) is 36.2. The van der Waals surface area contributed by atoms with E-state index in [2.05, 4.69) is 15.8 Å². The largest absolute Gasteiger partial charge is 0.456 e. The molecule has 2 unspecified atom stereocenters. The summed E-state index contributed by atoms with van der Waals surface area (Å²) in [5.41, 5.74) is 1.25. The van der Waals surface area contributed by atoms with Gasteiger partial charge in [-0.05, 0) is 79.9 Å². The molecule has 2 N–H and O–H groups in total. The summed E-state index contributed by atoms with van der Waals surface area (Å²) in [6.45, 7) is 15.3. The lowest BCUT2D eigenvalue weighted by Gasteiger charge is -2.40. The minimum atomic E-state index is -1.15. The van der Waals surface area contributed by atoms with E-state index in [1.807, 2.05) is 30.3 Å². The highest BCUT2D eigenvalue weighted by atomic mass is 32.1. The number of carbonyl (C=O) groups excluding carboxylic acids is 5. The van der Waals surface area contributed by atoms with E-state index in [1.165, 1.54) is 11.0 Å². The summed E-state index contributed by atoms with van der Waals surface area (Å²) in [4.78, 5) is 65.9. The number of nitrogens with one attached hydrogen (secondary N) is 2. The number of isocyanates is 1. The molecule has 1 aromatic carbocycles. The minimum absolute atomic E-state index is 0.0202. The van der Waals surface area contributed by atoms with Crippen molar-refractivity contribution in [2.75, 3.05) is 11.9 Å². The Morgan fingerprint density at radius 3 is 2.13 bits per heavy atom. The fraction of sp³-hybridized carbons (Fsp3) is 0.531. The van der Waals surface area contributed by atoms with Gasteiger partial charge in [0.25, 0.3) is 6.08 Å². The van der Waals surface area contributed by atoms with Gasteiger partial charge in [-0.3, -0.25) is 15.1 Å². The molecule has 14 heteroatoms. The van der Waals surface area contributed by atoms with Gasteiger partial charge in [-0.1, -0.05) is 35.4 Å². The first-order valence-corrected chi connectivity index (χ1v) is 15.5. The van der Waals surface area contributed by atoms with Crippen LogP contribution in [0, 0.1) is 0 Å². The summed E-state index contributed by atoms with van der Waals surface area (Å²) in [6.07, 6.45) is -0.229. The third-order valence-electron chi connectivity index (χ3n) is 6.08. The molecule has 0 bridgehead atoms. The van der Waals surface area contributed by atoms with Crippen molar-refractivity contribution in [1.82, 2.24) is 10.3 Å². The molecular weight excluding hydrogens is 616 g/mol. The van der Waals surface area contributed by atoms with E-state index in [4.69, 9.17) is 18.9 Å². The monoisotopic (exact) mass is 658 g/mol. The fourth-order valence-electron chi connectivity index (χ4n) is 4.47. The Morgan fingerprint density at radius 1 is 0.957 bits per heavy atom. The number of fused-ring (bicyclic) bond motifs is 1. The van der Waals surface area contributed by atoms with Gasteiger partial charge in [0.2, 0.25) is 0 Å². The summed E-state index contributed by atoms with van der Waals surface area (Å²) in [5.74, 6) is -2.99. The average molecular weight is 659 g/mol. The first-order chi connectivity index (χ1) is 21.3. The van der Waals surface area contributed by atoms with E-state index < -0.39 is 53.0 Å². The van der Waals surface area contributed by atoms with Gasteiger partial charge in [0.1, 0.15) is 27.8 Å². The van der Waals surface area contributed by atoms with Crippen LogP contribution in [0.5, 0.6) is 0 Å². The molecule has 2 aromatic rings. The maximum absolute atomic E-state index is 13.7. The molecule has 0 saturated carbocycles. The zero-order valence-electron chi connectivity index (χ0n) is 27.6. The van der Waals surface area contributed by atoms with Crippen LogP contribution in [0.2, 0.25) is 0 Å². The van der Waals surface area contributed by atoms with Crippen molar-refractivity contribution in [3.8, 4) is 0 Å². The van der Waals surface area contributed by atoms with Gasteiger partial charge < -0.3 is 24.3 Å². The number of anilines is 1. The second-order valence-corrected chi connectivity index (χ2v) is 14.6. The highest BCUT2D eigenvalue weighted by Crippen LogP contribution is 2.45. The van der Waals surface area contributed by atoms with E-state index in [-0.39, 0.29) is 30.1 Å². The summed E-state index contributed by atoms with van der Waals surface area (Å²) < 4.78 is 22.8. The normalized spacial score (nSPS) is 15.5. The zero-order valence-corrected chi connectivity index (χ0v) is 28.5. The highest BCUT2D eigenvalue weighted by molar-refractivity contribution is 7.17. The Hall–Kier alpha value is -4.26. The third kappa shape index (κ3) is 10.1. The van der Waals surface area contributed by atoms with Crippen molar-refractivity contribution in [2.24, 2.45) is 5.10 Å². The molecule has 0 aliphatic carbocycles. The average Bonchev–Trinajstić information content (AvgIpc) is 3.28. The van der Waals surface area contributed by atoms with Crippen LogP contribution in [0.4, 0.5) is 9.80 Å². The van der Waals surface area contributed by atoms with Crippen LogP contribution in [0.3, 0.4) is 0 Å². The van der Waals surface area contributed by atoms with Gasteiger partial charge in [-0.15, -0.1) is 11.3 Å². The number of hydrogen-bond donors (Lipinski definition) is 2. The van der Waals surface area contributed by atoms with Gasteiger partial charge in [0.15, 0.2) is 6.23 Å². The van der Waals surface area contributed by atoms with Crippen LogP contribution in [-0.4, -0.2) is 64.5 Å². The fourth-order valence-corrected chi connectivity index (χ4v) is 5.84. The van der Waals surface area contributed by atoms with Crippen molar-refractivity contribution >= 4 is 46.4 Å². The maximum atomic E-state index is 13.7. The number of thiophene rings is 1. The first-order valence-electron chi connectivity index (χ1n) is 14.7. The lowest BCUT2D eigenvalue weighted by molar-refractivity contribution is -0.161. The van der Waals surface area contributed by atoms with Gasteiger partial charge in [0, 0.05) is 11.4 Å². The molecule has 250 valence electrons. The Balaban J connectivity index is 2.18. The molecule has 0 spiro atoms. The van der Waals surface area contributed by atoms with E-state index in [0.717, 1.165) is 16.9 Å². The zero-order chi connectivity index (χ0) is 34.4. The predicted octanol–water partition coefficient (Wildman–Crippen LogP) is 5.20. The molecule has 2 atom stereocenters. The van der Waals surface area contributed by atoms with E-state index in [1.54, 1.807) is 62.3 Å². The molecule has 0 fully saturated rings. The van der Waals surface area contributed by atoms with Gasteiger partial charge in [0.05, 0.1) is 12.2 Å². The summed E-state index contributed by atoms with van der Waals surface area (Å²) in [6, 6.07) is 8.19. The summed E-state index contributed by atoms with van der Waals surface area (Å²) in [5, 5.41) is 6.08. The van der Waals surface area contributed by atoms with E-state index in [9.17, 15) is 24.0 Å². The van der Waals surface area contributed by atoms with Crippen LogP contribution >= 0.6 is 11.3 Å². The molecule has 2 amide bonds. The lowest BCUT2D eigenvalue weighted by atomic mass is 9.96. The molecule has 0 radical (unpaired) electrons. The summed E-state index contributed by atoms with van der Waals surface area (Å²) >= 11 is 0.961. The number of hydrogen-bond acceptors (Lipinski definition) is 12. The van der Waals surface area contributed by atoms with Crippen molar-refractivity contribution < 1.29 is 42.9 Å². The number of benzene rings is 1. The SMILES string of the molecule is CC(C)(C)OC(=O)C(=O)Nc1sc2c(c1C(=O)OC(C)(C)C)CCN(C(=O)OC(C)(C)C)C2C(NN=C=O)OCc1ccccc1. The standard InChI is InChI=1S/C32H42N4O9S/c1-30(2,3)43-27(39)21-20-15-16-36(29(41)45-32(7,8)9)22(25(35-33-18-37)42-17-19-13-11-10-12-14-19)23(20)46-26(21)34-24(38)28(40)44-31(4,5)6/h10-14,22,25,35H,15-17H2,1-9H3,(H,34,38). The van der Waals surface area contributed by atoms with E-state index >= 15 is 0 Å². The molecule has 1 aliphatic heterocycles. The van der Waals surface area contributed by atoms with Crippen molar-refractivity contribution in [2.45, 2.75) is 104 Å². The second-order valence-electron chi connectivity index (χ2n) is 13.5. The Bertz CT molecular complexity index is 1480. The van der Waals surface area contributed by atoms with E-state index in [0.29, 0.717) is 10.4 Å². The van der Waals surface area contributed by atoms with Crippen LogP contribution < -0.4 is 10.7 Å². The molecule has 46 heavy (non-hydrogen) atoms. The minimum Gasteiger partial charge on any atom is -0.456 e. The quantitative estimate of drug-likeness (QED) is 0.0733. The Kier molecular flexibility index (Phi) is 11.4. The van der Waals surface area contributed by atoms with Crippen LogP contribution in [0.25, 0.3) is 0 Å². The van der Waals surface area contributed by atoms with Crippen molar-refractivity contribution in [3.05, 3.63) is 51.9 Å². The van der Waals surface area contributed by atoms with Crippen molar-refractivity contribution in [3.63, 3.8) is 0 Å². The smallest absolute Gasteiger partial charge is 0.411 e. The molecule has 13 nitrogen and oxygen atoms in total. The van der Waals surface area contributed by atoms with Crippen LogP contribution in [0.1, 0.15) is 94.7 Å². The number of esters is 2. The van der Waals surface area contributed by atoms with Gasteiger partial charge >= 0.3 is 23.9 Å². The molecule has 3 rings (SSSR count). The van der Waals surface area contributed by atoms with Crippen LogP contribution in [-0.2, 0) is 46.4 Å². The number of carbonyl (C=O) groups is 4. The topological polar surface area (TPSA) is 162 Å². The summed E-state index contributed by atoms with van der Waals surface area (Å²) in [7, 11) is 0. The Morgan fingerprint density at radius 2 is 1.57 bits per heavy atom. The number of ether oxygens (including phenoxy) is 4. The van der Waals surface area contributed by atoms with Crippen molar-refractivity contribution in [1.29, 1.82) is 0 Å². The number of amides is 2. The molecular formula is C32H42N4O9S. The second kappa shape index (κ2) is 14.4. The maximum Gasteiger partial charge on any atom is 0.411 e. The highest BCUT2D eigenvalue weighted by Gasteiger charge is 2.44. The Labute approximate surface area is 272 Å². The molecule has 1 aromatic heterocycles. The van der Waals surface area contributed by atoms with Gasteiger partial charge in [-0.25, -0.2) is 19.2 Å². The number of nitrogens with zero attached hydrogens (tertiary/aromatic N) is 2. The van der Waals surface area contributed by atoms with Crippen LogP contribution in [0.15, 0.2) is 35.4 Å². The molecule has 2 heterocycles. The molecule has 1 aliphatic rings. The lowest BCUT2D eigenvalue weighted by Crippen LogP contribution is -2.50. The third-order valence-corrected chi connectivity index (χ3v) is 7.30. The number of rotatable bonds is 8. The number of hydrazone groups is 1. The van der Waals surface area contributed by atoms with Gasteiger partial charge in [-0.2, -0.15) is 0 Å². The predicted molar refractivity (Wildman–Crippen MR) is 170 cm³/mol. The molecule has 0 saturated heterocycles.